The van der Waals surface area contributed by atoms with Crippen molar-refractivity contribution in [2.24, 2.45) is 28.7 Å². The first kappa shape index (κ1) is 18.6. The summed E-state index contributed by atoms with van der Waals surface area (Å²) in [7, 11) is 0. The van der Waals surface area contributed by atoms with Crippen molar-refractivity contribution in [3.8, 4) is 0 Å². The first-order chi connectivity index (χ1) is 13.6. The van der Waals surface area contributed by atoms with E-state index >= 15 is 0 Å². The molecule has 3 aliphatic rings. The number of aliphatic imine (C=N–C) groups is 1. The zero-order chi connectivity index (χ0) is 19.7. The zero-order valence-electron chi connectivity index (χ0n) is 16.2. The molecule has 0 radical (unpaired) electrons. The Labute approximate surface area is 163 Å². The second-order valence-corrected chi connectivity index (χ2v) is 7.53. The maximum Gasteiger partial charge on any atom is 0.233 e. The highest BCUT2D eigenvalue weighted by atomic mass is 16.5. The minimum absolute atomic E-state index is 0.0138. The average Bonchev–Trinajstić information content (AvgIpc) is 3.43. The van der Waals surface area contributed by atoms with Crippen LogP contribution in [0.5, 0.6) is 0 Å². The van der Waals surface area contributed by atoms with Gasteiger partial charge in [0.15, 0.2) is 11.8 Å². The SMILES string of the molecule is CCNC(=NCc1noc(C)n1)NCCCN1C(=O)C2C3C=CC(C3)C2C1=O. The Morgan fingerprint density at radius 1 is 1.25 bits per heavy atom. The summed E-state index contributed by atoms with van der Waals surface area (Å²) in [5.41, 5.74) is 0. The summed E-state index contributed by atoms with van der Waals surface area (Å²) >= 11 is 0. The van der Waals surface area contributed by atoms with Crippen molar-refractivity contribution in [2.45, 2.75) is 33.2 Å². The van der Waals surface area contributed by atoms with Gasteiger partial charge in [0.1, 0.15) is 6.54 Å². The van der Waals surface area contributed by atoms with Crippen molar-refractivity contribution in [1.82, 2.24) is 25.7 Å². The van der Waals surface area contributed by atoms with Gasteiger partial charge in [-0.3, -0.25) is 14.5 Å². The Bertz CT molecular complexity index is 786. The number of hydrogen-bond donors (Lipinski definition) is 2. The molecule has 2 amide bonds. The van der Waals surface area contributed by atoms with Gasteiger partial charge in [0.25, 0.3) is 0 Å². The standard InChI is InChI=1S/C19H26N6O3/c1-3-20-19(22-10-14-23-11(2)28-24-14)21-7-4-8-25-17(26)15-12-5-6-13(9-12)16(15)18(25)27/h5-6,12-13,15-16H,3-4,7-10H2,1-2H3,(H2,20,21,22). The van der Waals surface area contributed by atoms with E-state index in [-0.39, 0.29) is 35.5 Å². The number of aromatic nitrogens is 2. The van der Waals surface area contributed by atoms with E-state index in [1.165, 1.54) is 4.90 Å². The fourth-order valence-electron chi connectivity index (χ4n) is 4.53. The predicted molar refractivity (Wildman–Crippen MR) is 101 cm³/mol. The fourth-order valence-corrected chi connectivity index (χ4v) is 4.53. The van der Waals surface area contributed by atoms with E-state index < -0.39 is 0 Å². The molecule has 4 unspecified atom stereocenters. The Morgan fingerprint density at radius 3 is 2.57 bits per heavy atom. The number of aryl methyl sites for hydroxylation is 1. The molecular weight excluding hydrogens is 360 g/mol. The lowest BCUT2D eigenvalue weighted by Crippen LogP contribution is -2.40. The number of allylic oxidation sites excluding steroid dienone is 2. The van der Waals surface area contributed by atoms with Crippen LogP contribution in [0.1, 0.15) is 31.5 Å². The molecule has 2 fully saturated rings. The molecule has 4 atom stereocenters. The molecule has 0 spiro atoms. The number of fused-ring (bicyclic) bond motifs is 5. The van der Waals surface area contributed by atoms with Crippen molar-refractivity contribution in [3.63, 3.8) is 0 Å². The van der Waals surface area contributed by atoms with Crippen molar-refractivity contribution in [2.75, 3.05) is 19.6 Å². The Kier molecular flexibility index (Phi) is 5.15. The highest BCUT2D eigenvalue weighted by molar-refractivity contribution is 6.06. The molecule has 2 bridgehead atoms. The predicted octanol–water partition coefficient (Wildman–Crippen LogP) is 0.630. The van der Waals surface area contributed by atoms with Crippen molar-refractivity contribution in [3.05, 3.63) is 23.9 Å². The number of nitrogens with one attached hydrogen (secondary N) is 2. The number of carbonyl (C=O) groups excluding carboxylic acids is 2. The van der Waals surface area contributed by atoms with Crippen LogP contribution in [0.15, 0.2) is 21.7 Å². The maximum absolute atomic E-state index is 12.7. The van der Waals surface area contributed by atoms with Crippen LogP contribution in [0.2, 0.25) is 0 Å². The molecule has 1 saturated heterocycles. The average molecular weight is 386 g/mol. The second kappa shape index (κ2) is 7.73. The molecule has 9 heteroatoms. The summed E-state index contributed by atoms with van der Waals surface area (Å²) in [5.74, 6) is 1.99. The van der Waals surface area contributed by atoms with Crippen LogP contribution in [-0.4, -0.2) is 52.4 Å². The summed E-state index contributed by atoms with van der Waals surface area (Å²) < 4.78 is 4.94. The smallest absolute Gasteiger partial charge is 0.233 e. The molecule has 2 heterocycles. The molecule has 28 heavy (non-hydrogen) atoms. The number of rotatable bonds is 7. The third kappa shape index (κ3) is 3.41. The molecule has 1 aliphatic heterocycles. The van der Waals surface area contributed by atoms with Gasteiger partial charge in [0.2, 0.25) is 17.7 Å². The van der Waals surface area contributed by atoms with Crippen LogP contribution >= 0.6 is 0 Å². The monoisotopic (exact) mass is 386 g/mol. The summed E-state index contributed by atoms with van der Waals surface area (Å²) in [4.78, 5) is 35.4. The van der Waals surface area contributed by atoms with E-state index in [9.17, 15) is 9.59 Å². The zero-order valence-corrected chi connectivity index (χ0v) is 16.2. The van der Waals surface area contributed by atoms with Crippen molar-refractivity contribution >= 4 is 17.8 Å². The fraction of sp³-hybridized carbons (Fsp3) is 0.632. The minimum Gasteiger partial charge on any atom is -0.357 e. The molecule has 1 aromatic heterocycles. The number of carbonyl (C=O) groups is 2. The van der Waals surface area contributed by atoms with Crippen LogP contribution in [-0.2, 0) is 16.1 Å². The Morgan fingerprint density at radius 2 is 1.96 bits per heavy atom. The van der Waals surface area contributed by atoms with Crippen LogP contribution in [0.3, 0.4) is 0 Å². The molecule has 9 nitrogen and oxygen atoms in total. The summed E-state index contributed by atoms with van der Waals surface area (Å²) in [6.07, 6.45) is 5.87. The first-order valence-electron chi connectivity index (χ1n) is 9.93. The highest BCUT2D eigenvalue weighted by Crippen LogP contribution is 2.52. The topological polar surface area (TPSA) is 113 Å². The summed E-state index contributed by atoms with van der Waals surface area (Å²) in [6, 6.07) is 0. The van der Waals surface area contributed by atoms with Gasteiger partial charge >= 0.3 is 0 Å². The van der Waals surface area contributed by atoms with Crippen molar-refractivity contribution in [1.29, 1.82) is 0 Å². The van der Waals surface area contributed by atoms with Crippen LogP contribution < -0.4 is 10.6 Å². The lowest BCUT2D eigenvalue weighted by molar-refractivity contribution is -0.140. The van der Waals surface area contributed by atoms with E-state index in [0.717, 1.165) is 13.0 Å². The second-order valence-electron chi connectivity index (χ2n) is 7.53. The largest absolute Gasteiger partial charge is 0.357 e. The van der Waals surface area contributed by atoms with E-state index in [1.807, 2.05) is 6.92 Å². The lowest BCUT2D eigenvalue weighted by atomic mass is 9.85. The summed E-state index contributed by atoms with van der Waals surface area (Å²) in [6.45, 7) is 5.81. The molecule has 0 aromatic carbocycles. The van der Waals surface area contributed by atoms with E-state index in [4.69, 9.17) is 4.52 Å². The van der Waals surface area contributed by atoms with Gasteiger partial charge in [-0.1, -0.05) is 17.3 Å². The van der Waals surface area contributed by atoms with Crippen LogP contribution in [0, 0.1) is 30.6 Å². The third-order valence-corrected chi connectivity index (χ3v) is 5.71. The Hall–Kier alpha value is -2.71. The first-order valence-corrected chi connectivity index (χ1v) is 9.93. The molecule has 1 aromatic rings. The van der Waals surface area contributed by atoms with Crippen LogP contribution in [0.25, 0.3) is 0 Å². The maximum atomic E-state index is 12.7. The number of nitrogens with zero attached hydrogens (tertiary/aromatic N) is 4. The number of imide groups is 1. The van der Waals surface area contributed by atoms with E-state index in [0.29, 0.717) is 43.7 Å². The molecule has 2 N–H and O–H groups in total. The van der Waals surface area contributed by atoms with E-state index in [2.05, 4.69) is 37.9 Å². The molecular formula is C19H26N6O3. The Balaban J connectivity index is 1.26. The molecule has 150 valence electrons. The van der Waals surface area contributed by atoms with Gasteiger partial charge < -0.3 is 15.2 Å². The highest BCUT2D eigenvalue weighted by Gasteiger charge is 2.58. The molecule has 1 saturated carbocycles. The quantitative estimate of drug-likeness (QED) is 0.232. The summed E-state index contributed by atoms with van der Waals surface area (Å²) in [5, 5.41) is 10.2. The number of likely N-dealkylation sites (tertiary alicyclic amines) is 1. The van der Waals surface area contributed by atoms with E-state index in [1.54, 1.807) is 6.92 Å². The molecule has 4 rings (SSSR count). The third-order valence-electron chi connectivity index (χ3n) is 5.71. The van der Waals surface area contributed by atoms with Gasteiger partial charge in [-0.05, 0) is 31.6 Å². The lowest BCUT2D eigenvalue weighted by Gasteiger charge is -2.17. The number of amides is 2. The molecule has 2 aliphatic carbocycles. The number of guanidine groups is 1. The van der Waals surface area contributed by atoms with Crippen LogP contribution in [0.4, 0.5) is 0 Å². The normalized spacial score (nSPS) is 28.4. The van der Waals surface area contributed by atoms with Gasteiger partial charge in [0, 0.05) is 26.6 Å². The van der Waals surface area contributed by atoms with Gasteiger partial charge in [-0.25, -0.2) is 4.99 Å². The number of hydrogen-bond acceptors (Lipinski definition) is 6. The van der Waals surface area contributed by atoms with Gasteiger partial charge in [0.05, 0.1) is 11.8 Å². The van der Waals surface area contributed by atoms with Crippen molar-refractivity contribution < 1.29 is 14.1 Å². The minimum atomic E-state index is -0.118. The van der Waals surface area contributed by atoms with Gasteiger partial charge in [-0.2, -0.15) is 4.98 Å². The van der Waals surface area contributed by atoms with Gasteiger partial charge in [-0.15, -0.1) is 0 Å².